The number of hydrogen-bond donors (Lipinski definition) is 0. The van der Waals surface area contributed by atoms with Gasteiger partial charge >= 0.3 is 0 Å². The minimum atomic E-state index is -0.643. The summed E-state index contributed by atoms with van der Waals surface area (Å²) in [5.41, 5.74) is 0.746. The van der Waals surface area contributed by atoms with Gasteiger partial charge in [0.15, 0.2) is 0 Å². The summed E-state index contributed by atoms with van der Waals surface area (Å²) in [5, 5.41) is 24.4. The van der Waals surface area contributed by atoms with Gasteiger partial charge in [0.25, 0.3) is 11.4 Å². The smallest absolute Gasteiger partial charge is 0.258 e. The van der Waals surface area contributed by atoms with Crippen LogP contribution in [0.4, 0.5) is 11.4 Å². The highest BCUT2D eigenvalue weighted by Gasteiger charge is 2.29. The Morgan fingerprint density at radius 3 is 2.12 bits per heavy atom. The van der Waals surface area contributed by atoms with Gasteiger partial charge in [0.1, 0.15) is 0 Å². The first-order chi connectivity index (χ1) is 12.4. The molecular formula is C18H12Br2N2O4. The van der Waals surface area contributed by atoms with Crippen LogP contribution in [0.25, 0.3) is 10.8 Å². The summed E-state index contributed by atoms with van der Waals surface area (Å²) in [7, 11) is 0. The number of nitro benzene ring substituents is 2. The molecule has 0 aliphatic carbocycles. The van der Waals surface area contributed by atoms with E-state index in [1.54, 1.807) is 0 Å². The molecule has 0 fully saturated rings. The van der Waals surface area contributed by atoms with Crippen LogP contribution in [-0.4, -0.2) is 9.85 Å². The Bertz CT molecular complexity index is 1000. The molecule has 0 N–H and O–H groups in total. The van der Waals surface area contributed by atoms with Gasteiger partial charge in [-0.2, -0.15) is 0 Å². The van der Waals surface area contributed by atoms with Crippen LogP contribution in [0.1, 0.15) is 20.8 Å². The third kappa shape index (κ3) is 3.47. The molecule has 0 radical (unpaired) electrons. The Morgan fingerprint density at radius 1 is 0.769 bits per heavy atom. The van der Waals surface area contributed by atoms with Crippen LogP contribution in [0.5, 0.6) is 0 Å². The summed E-state index contributed by atoms with van der Waals surface area (Å²) in [6.45, 7) is 0. The van der Waals surface area contributed by atoms with Crippen molar-refractivity contribution >= 4 is 54.0 Å². The SMILES string of the molecule is O=[N+]([O-])c1ccc([C@@H](Br)[C@@H](Br)c2cccc3ccccc23)c([N+](=O)[O-])c1. The molecule has 132 valence electrons. The number of benzene rings is 3. The number of nitrogens with zero attached hydrogens (tertiary/aromatic N) is 2. The molecule has 3 aromatic carbocycles. The molecule has 26 heavy (non-hydrogen) atoms. The van der Waals surface area contributed by atoms with E-state index in [2.05, 4.69) is 31.9 Å². The summed E-state index contributed by atoms with van der Waals surface area (Å²) < 4.78 is 0. The number of rotatable bonds is 5. The molecule has 0 unspecified atom stereocenters. The molecular weight excluding hydrogens is 468 g/mol. The van der Waals surface area contributed by atoms with Crippen LogP contribution in [-0.2, 0) is 0 Å². The number of non-ortho nitro benzene ring substituents is 1. The van der Waals surface area contributed by atoms with Crippen molar-refractivity contribution in [1.29, 1.82) is 0 Å². The number of alkyl halides is 2. The van der Waals surface area contributed by atoms with Crippen molar-refractivity contribution in [3.8, 4) is 0 Å². The second-order valence-electron chi connectivity index (χ2n) is 5.63. The Kier molecular flexibility index (Phi) is 5.33. The van der Waals surface area contributed by atoms with E-state index < -0.39 is 14.7 Å². The predicted molar refractivity (Wildman–Crippen MR) is 107 cm³/mol. The third-order valence-corrected chi connectivity index (χ3v) is 6.85. The molecule has 6 nitrogen and oxygen atoms in total. The molecule has 0 aliphatic heterocycles. The Labute approximate surface area is 165 Å². The minimum Gasteiger partial charge on any atom is -0.258 e. The van der Waals surface area contributed by atoms with Crippen LogP contribution in [0.2, 0.25) is 0 Å². The van der Waals surface area contributed by atoms with E-state index in [-0.39, 0.29) is 16.2 Å². The van der Waals surface area contributed by atoms with E-state index in [0.29, 0.717) is 5.56 Å². The first-order valence-corrected chi connectivity index (χ1v) is 9.42. The van der Waals surface area contributed by atoms with E-state index in [1.807, 2.05) is 42.5 Å². The second kappa shape index (κ2) is 7.51. The fraction of sp³-hybridized carbons (Fsp3) is 0.111. The average Bonchev–Trinajstić information content (AvgIpc) is 2.65. The lowest BCUT2D eigenvalue weighted by Crippen LogP contribution is -2.04. The van der Waals surface area contributed by atoms with Crippen molar-refractivity contribution in [3.05, 3.63) is 92.0 Å². The first kappa shape index (κ1) is 18.5. The van der Waals surface area contributed by atoms with Gasteiger partial charge in [-0.1, -0.05) is 74.3 Å². The summed E-state index contributed by atoms with van der Waals surface area (Å²) >= 11 is 7.17. The van der Waals surface area contributed by atoms with Gasteiger partial charge in [-0.15, -0.1) is 0 Å². The highest BCUT2D eigenvalue weighted by molar-refractivity contribution is 9.12. The topological polar surface area (TPSA) is 86.3 Å². The second-order valence-corrected chi connectivity index (χ2v) is 7.60. The standard InChI is InChI=1S/C18H12Br2N2O4/c19-17(14-7-3-5-11-4-1-2-6-13(11)14)18(20)15-9-8-12(21(23)24)10-16(15)22(25)26/h1-10,17-18H/t17-,18+/m0/s1. The van der Waals surface area contributed by atoms with Gasteiger partial charge in [-0.25, -0.2) is 0 Å². The Balaban J connectivity index is 2.07. The molecule has 0 aliphatic rings. The Morgan fingerprint density at radius 2 is 1.42 bits per heavy atom. The molecule has 0 saturated heterocycles. The summed E-state index contributed by atoms with van der Waals surface area (Å²) in [4.78, 5) is 20.4. The normalized spacial score (nSPS) is 13.3. The maximum absolute atomic E-state index is 11.4. The number of fused-ring (bicyclic) bond motifs is 1. The highest BCUT2D eigenvalue weighted by atomic mass is 79.9. The van der Waals surface area contributed by atoms with Crippen LogP contribution in [0, 0.1) is 20.2 Å². The lowest BCUT2D eigenvalue weighted by molar-refractivity contribution is -0.394. The third-order valence-electron chi connectivity index (χ3n) is 4.10. The summed E-state index contributed by atoms with van der Waals surface area (Å²) in [5.74, 6) is 0. The number of halogens is 2. The van der Waals surface area contributed by atoms with E-state index >= 15 is 0 Å². The molecule has 3 aromatic rings. The fourth-order valence-electron chi connectivity index (χ4n) is 2.84. The maximum Gasteiger partial charge on any atom is 0.280 e. The van der Waals surface area contributed by atoms with Crippen molar-refractivity contribution in [2.45, 2.75) is 9.65 Å². The van der Waals surface area contributed by atoms with Crippen molar-refractivity contribution in [1.82, 2.24) is 0 Å². The average molecular weight is 480 g/mol. The zero-order chi connectivity index (χ0) is 18.8. The van der Waals surface area contributed by atoms with E-state index in [0.717, 1.165) is 22.4 Å². The summed E-state index contributed by atoms with van der Waals surface area (Å²) in [6, 6.07) is 17.4. The minimum absolute atomic E-state index is 0.270. The first-order valence-electron chi connectivity index (χ1n) is 7.58. The summed E-state index contributed by atoms with van der Waals surface area (Å²) in [6.07, 6.45) is 0. The molecule has 0 spiro atoms. The van der Waals surface area contributed by atoms with Crippen molar-refractivity contribution in [2.24, 2.45) is 0 Å². The van der Waals surface area contributed by atoms with Gasteiger partial charge < -0.3 is 0 Å². The van der Waals surface area contributed by atoms with Crippen molar-refractivity contribution in [3.63, 3.8) is 0 Å². The van der Waals surface area contributed by atoms with E-state index in [1.165, 1.54) is 12.1 Å². The van der Waals surface area contributed by atoms with E-state index in [4.69, 9.17) is 0 Å². The van der Waals surface area contributed by atoms with Gasteiger partial charge in [-0.05, 0) is 22.4 Å². The monoisotopic (exact) mass is 478 g/mol. The number of hydrogen-bond acceptors (Lipinski definition) is 4. The van der Waals surface area contributed by atoms with Crippen molar-refractivity contribution < 1.29 is 9.85 Å². The van der Waals surface area contributed by atoms with Gasteiger partial charge in [0.05, 0.1) is 25.6 Å². The van der Waals surface area contributed by atoms with Crippen LogP contribution in [0.15, 0.2) is 60.7 Å². The molecule has 0 heterocycles. The Hall–Kier alpha value is -2.32. The van der Waals surface area contributed by atoms with Crippen molar-refractivity contribution in [2.75, 3.05) is 0 Å². The molecule has 0 saturated carbocycles. The number of nitro groups is 2. The lowest BCUT2D eigenvalue weighted by atomic mass is 9.97. The van der Waals surface area contributed by atoms with E-state index in [9.17, 15) is 20.2 Å². The molecule has 0 amide bonds. The quantitative estimate of drug-likeness (QED) is 0.246. The zero-order valence-corrected chi connectivity index (χ0v) is 16.4. The van der Waals surface area contributed by atoms with Gasteiger partial charge in [0, 0.05) is 11.6 Å². The largest absolute Gasteiger partial charge is 0.280 e. The van der Waals surface area contributed by atoms with Crippen LogP contribution < -0.4 is 0 Å². The molecule has 3 rings (SSSR count). The fourth-order valence-corrected chi connectivity index (χ4v) is 4.20. The maximum atomic E-state index is 11.4. The van der Waals surface area contributed by atoms with Gasteiger partial charge in [-0.3, -0.25) is 20.2 Å². The lowest BCUT2D eigenvalue weighted by Gasteiger charge is -2.19. The molecule has 0 bridgehead atoms. The van der Waals surface area contributed by atoms with Crippen LogP contribution in [0.3, 0.4) is 0 Å². The van der Waals surface area contributed by atoms with Crippen LogP contribution >= 0.6 is 31.9 Å². The molecule has 0 aromatic heterocycles. The zero-order valence-electron chi connectivity index (χ0n) is 13.2. The highest BCUT2D eigenvalue weighted by Crippen LogP contribution is 2.47. The molecule has 8 heteroatoms. The molecule has 2 atom stereocenters. The predicted octanol–water partition coefficient (Wildman–Crippen LogP) is 6.23. The van der Waals surface area contributed by atoms with Gasteiger partial charge in [0.2, 0.25) is 0 Å².